The van der Waals surface area contributed by atoms with Crippen molar-refractivity contribution in [3.8, 4) is 11.5 Å². The van der Waals surface area contributed by atoms with E-state index in [1.54, 1.807) is 13.0 Å². The van der Waals surface area contributed by atoms with Crippen molar-refractivity contribution in [1.29, 1.82) is 0 Å². The molecule has 0 radical (unpaired) electrons. The third-order valence-electron chi connectivity index (χ3n) is 3.25. The van der Waals surface area contributed by atoms with Crippen LogP contribution in [-0.4, -0.2) is 22.8 Å². The second kappa shape index (κ2) is 6.41. The number of hydrogen-bond donors (Lipinski definition) is 1. The van der Waals surface area contributed by atoms with Gasteiger partial charge in [0.05, 0.1) is 28.8 Å². The maximum Gasteiger partial charge on any atom is 0.280 e. The summed E-state index contributed by atoms with van der Waals surface area (Å²) in [6, 6.07) is 4.44. The minimum absolute atomic E-state index is 0.0107. The fourth-order valence-corrected chi connectivity index (χ4v) is 2.14. The minimum Gasteiger partial charge on any atom is -0.454 e. The Morgan fingerprint density at radius 1 is 1.38 bits per heavy atom. The molecule has 1 N–H and O–H groups in total. The Bertz CT molecular complexity index is 827. The third-order valence-corrected chi connectivity index (χ3v) is 3.25. The number of aryl methyl sites for hydroxylation is 1. The summed E-state index contributed by atoms with van der Waals surface area (Å²) in [5.74, 6) is 0.807. The smallest absolute Gasteiger partial charge is 0.280 e. The van der Waals surface area contributed by atoms with Crippen LogP contribution < -0.4 is 14.8 Å². The number of carbonyl (C=O) groups is 1. The highest BCUT2D eigenvalue weighted by Crippen LogP contribution is 2.38. The first-order valence-electron chi connectivity index (χ1n) is 6.99. The van der Waals surface area contributed by atoms with Crippen LogP contribution >= 0.6 is 0 Å². The lowest BCUT2D eigenvalue weighted by atomic mass is 10.1. The van der Waals surface area contributed by atoms with Crippen LogP contribution in [0.5, 0.6) is 11.5 Å². The molecule has 0 aliphatic carbocycles. The molecule has 2 aromatic rings. The Labute approximate surface area is 136 Å². The molecule has 124 valence electrons. The molecule has 0 saturated heterocycles. The molecule has 0 spiro atoms. The second-order valence-corrected chi connectivity index (χ2v) is 5.01. The van der Waals surface area contributed by atoms with Crippen LogP contribution in [-0.2, 0) is 11.3 Å². The van der Waals surface area contributed by atoms with Crippen LogP contribution in [0.15, 0.2) is 28.8 Å². The molecule has 0 unspecified atom stereocenters. The van der Waals surface area contributed by atoms with E-state index in [4.69, 9.17) is 14.0 Å². The minimum atomic E-state index is -0.545. The van der Waals surface area contributed by atoms with Gasteiger partial charge in [-0.2, -0.15) is 0 Å². The molecule has 9 nitrogen and oxygen atoms in total. The summed E-state index contributed by atoms with van der Waals surface area (Å²) < 4.78 is 15.3. The monoisotopic (exact) mass is 331 g/mol. The lowest BCUT2D eigenvalue weighted by molar-refractivity contribution is -0.385. The molecule has 1 aromatic heterocycles. The summed E-state index contributed by atoms with van der Waals surface area (Å²) in [6.07, 6.45) is 2.55. The lowest BCUT2D eigenvalue weighted by Crippen LogP contribution is -2.19. The van der Waals surface area contributed by atoms with Gasteiger partial charge in [-0.1, -0.05) is 5.16 Å². The van der Waals surface area contributed by atoms with Crippen molar-refractivity contribution in [3.05, 3.63) is 51.4 Å². The molecule has 1 aromatic carbocycles. The molecule has 3 rings (SSSR count). The summed E-state index contributed by atoms with van der Waals surface area (Å²) in [6.45, 7) is 1.96. The first-order valence-corrected chi connectivity index (χ1v) is 6.99. The number of nitro benzene ring substituents is 1. The summed E-state index contributed by atoms with van der Waals surface area (Å²) >= 11 is 0. The molecule has 0 atom stereocenters. The van der Waals surface area contributed by atoms with Gasteiger partial charge in [-0.05, 0) is 19.1 Å². The van der Waals surface area contributed by atoms with Gasteiger partial charge in [-0.25, -0.2) is 0 Å². The fraction of sp³-hybridized carbons (Fsp3) is 0.200. The Balaban J connectivity index is 1.71. The van der Waals surface area contributed by atoms with Crippen molar-refractivity contribution in [2.24, 2.45) is 0 Å². The van der Waals surface area contributed by atoms with E-state index in [0.29, 0.717) is 23.0 Å². The SMILES string of the molecule is Cc1cc(CNC(=O)/C=C/c2cc3c(cc2[N+](=O)[O-])OCO3)on1. The largest absolute Gasteiger partial charge is 0.454 e. The predicted octanol–water partition coefficient (Wildman–Crippen LogP) is 1.95. The van der Waals surface area contributed by atoms with Gasteiger partial charge in [0.2, 0.25) is 12.7 Å². The van der Waals surface area contributed by atoms with Crippen molar-refractivity contribution in [2.45, 2.75) is 13.5 Å². The maximum atomic E-state index is 11.8. The van der Waals surface area contributed by atoms with E-state index >= 15 is 0 Å². The highest BCUT2D eigenvalue weighted by molar-refractivity contribution is 5.92. The summed E-state index contributed by atoms with van der Waals surface area (Å²) in [7, 11) is 0. The van der Waals surface area contributed by atoms with Gasteiger partial charge in [0.25, 0.3) is 5.69 Å². The van der Waals surface area contributed by atoms with Gasteiger partial charge >= 0.3 is 0 Å². The van der Waals surface area contributed by atoms with E-state index in [-0.39, 0.29) is 24.6 Å². The van der Waals surface area contributed by atoms with Crippen LogP contribution in [0.25, 0.3) is 6.08 Å². The topological polar surface area (TPSA) is 117 Å². The van der Waals surface area contributed by atoms with Crippen molar-refractivity contribution >= 4 is 17.7 Å². The van der Waals surface area contributed by atoms with E-state index in [9.17, 15) is 14.9 Å². The Hall–Kier alpha value is -3.36. The zero-order valence-electron chi connectivity index (χ0n) is 12.6. The number of benzene rings is 1. The Morgan fingerprint density at radius 2 is 2.12 bits per heavy atom. The van der Waals surface area contributed by atoms with Gasteiger partial charge in [0.15, 0.2) is 17.3 Å². The molecule has 1 aliphatic rings. The number of rotatable bonds is 5. The van der Waals surface area contributed by atoms with E-state index in [1.807, 2.05) is 0 Å². The second-order valence-electron chi connectivity index (χ2n) is 5.01. The van der Waals surface area contributed by atoms with Crippen molar-refractivity contribution in [1.82, 2.24) is 10.5 Å². The van der Waals surface area contributed by atoms with E-state index in [2.05, 4.69) is 10.5 Å². The van der Waals surface area contributed by atoms with Crippen molar-refractivity contribution in [2.75, 3.05) is 6.79 Å². The van der Waals surface area contributed by atoms with Crippen LogP contribution in [0.3, 0.4) is 0 Å². The molecule has 0 bridgehead atoms. The quantitative estimate of drug-likeness (QED) is 0.505. The summed E-state index contributed by atoms with van der Waals surface area (Å²) in [5.41, 5.74) is 0.787. The molecular weight excluding hydrogens is 318 g/mol. The summed E-state index contributed by atoms with van der Waals surface area (Å²) in [4.78, 5) is 22.4. The van der Waals surface area contributed by atoms with E-state index in [0.717, 1.165) is 0 Å². The number of ether oxygens (including phenoxy) is 2. The van der Waals surface area contributed by atoms with Gasteiger partial charge in [0, 0.05) is 12.1 Å². The number of fused-ring (bicyclic) bond motifs is 1. The number of aromatic nitrogens is 1. The predicted molar refractivity (Wildman–Crippen MR) is 81.3 cm³/mol. The van der Waals surface area contributed by atoms with Crippen molar-refractivity contribution < 1.29 is 23.7 Å². The van der Waals surface area contributed by atoms with Crippen LogP contribution in [0.1, 0.15) is 17.0 Å². The molecule has 2 heterocycles. The number of nitrogens with one attached hydrogen (secondary N) is 1. The molecule has 1 amide bonds. The zero-order valence-corrected chi connectivity index (χ0v) is 12.6. The van der Waals surface area contributed by atoms with Crippen molar-refractivity contribution in [3.63, 3.8) is 0 Å². The average Bonchev–Trinajstić information content (AvgIpc) is 3.17. The van der Waals surface area contributed by atoms with Crippen LogP contribution in [0.2, 0.25) is 0 Å². The van der Waals surface area contributed by atoms with Gasteiger partial charge in [-0.3, -0.25) is 14.9 Å². The molecule has 24 heavy (non-hydrogen) atoms. The van der Waals surface area contributed by atoms with E-state index < -0.39 is 10.8 Å². The first kappa shape index (κ1) is 15.5. The standard InChI is InChI=1S/C15H13N3O6/c1-9-4-11(24-17-9)7-16-15(19)3-2-10-5-13-14(23-8-22-13)6-12(10)18(20)21/h2-6H,7-8H2,1H3,(H,16,19)/b3-2+. The molecular formula is C15H13N3O6. The first-order chi connectivity index (χ1) is 11.5. The normalized spacial score (nSPS) is 12.5. The fourth-order valence-electron chi connectivity index (χ4n) is 2.14. The van der Waals surface area contributed by atoms with Crippen LogP contribution in [0, 0.1) is 17.0 Å². The van der Waals surface area contributed by atoms with Gasteiger partial charge < -0.3 is 19.3 Å². The average molecular weight is 331 g/mol. The lowest BCUT2D eigenvalue weighted by Gasteiger charge is -2.01. The Morgan fingerprint density at radius 3 is 2.79 bits per heavy atom. The Kier molecular flexibility index (Phi) is 4.15. The number of nitro groups is 1. The van der Waals surface area contributed by atoms with Gasteiger partial charge in [-0.15, -0.1) is 0 Å². The van der Waals surface area contributed by atoms with Crippen LogP contribution in [0.4, 0.5) is 5.69 Å². The highest BCUT2D eigenvalue weighted by Gasteiger charge is 2.22. The highest BCUT2D eigenvalue weighted by atomic mass is 16.7. The molecule has 1 aliphatic heterocycles. The maximum absolute atomic E-state index is 11.8. The molecule has 0 saturated carbocycles. The van der Waals surface area contributed by atoms with Gasteiger partial charge in [0.1, 0.15) is 0 Å². The number of hydrogen-bond acceptors (Lipinski definition) is 7. The molecule has 0 fully saturated rings. The summed E-state index contributed by atoms with van der Waals surface area (Å²) in [5, 5.41) is 17.4. The number of nitrogens with zero attached hydrogens (tertiary/aromatic N) is 2. The zero-order chi connectivity index (χ0) is 17.1. The van der Waals surface area contributed by atoms with E-state index in [1.165, 1.54) is 24.3 Å². The molecule has 9 heteroatoms. The number of amides is 1. The third kappa shape index (κ3) is 3.35. The number of carbonyl (C=O) groups excluding carboxylic acids is 1.